The summed E-state index contributed by atoms with van der Waals surface area (Å²) in [6.45, 7) is 0.513. The van der Waals surface area contributed by atoms with Crippen molar-refractivity contribution >= 4 is 23.5 Å². The molecule has 2 amide bonds. The number of benzene rings is 1. The van der Waals surface area contributed by atoms with E-state index in [-0.39, 0.29) is 36.8 Å². The molecule has 0 spiro atoms. The van der Waals surface area contributed by atoms with E-state index in [9.17, 15) is 23.9 Å². The molecule has 1 atom stereocenters. The van der Waals surface area contributed by atoms with Crippen LogP contribution >= 0.6 is 0 Å². The number of nitrogens with zero attached hydrogens (tertiary/aromatic N) is 3. The molecule has 1 saturated heterocycles. The Morgan fingerprint density at radius 3 is 2.64 bits per heavy atom. The molecule has 132 valence electrons. The molecule has 3 rings (SSSR count). The standard InChI is InChI=1S/C17H18FN3O4/c18-12-5-3-11(4-6-12)10-21-15(22)8-7-13(19-21)16(23)20-9-1-2-14(20)17(24)25/h3-6,14H,1-2,7-10H2,(H,24,25). The maximum absolute atomic E-state index is 13.0. The molecular formula is C17H18FN3O4. The van der Waals surface area contributed by atoms with E-state index >= 15 is 0 Å². The Bertz CT molecular complexity index is 732. The van der Waals surface area contributed by atoms with Crippen molar-refractivity contribution in [1.82, 2.24) is 9.91 Å². The molecule has 1 N–H and O–H groups in total. The molecule has 0 radical (unpaired) electrons. The summed E-state index contributed by atoms with van der Waals surface area (Å²) in [5.74, 6) is -2.05. The maximum atomic E-state index is 13.0. The van der Waals surface area contributed by atoms with Gasteiger partial charge in [-0.3, -0.25) is 9.59 Å². The summed E-state index contributed by atoms with van der Waals surface area (Å²) in [6, 6.07) is 4.85. The topological polar surface area (TPSA) is 90.3 Å². The van der Waals surface area contributed by atoms with E-state index in [0.717, 1.165) is 0 Å². The van der Waals surface area contributed by atoms with E-state index in [2.05, 4.69) is 5.10 Å². The normalized spacial score (nSPS) is 20.6. The van der Waals surface area contributed by atoms with Gasteiger partial charge in [-0.2, -0.15) is 5.10 Å². The maximum Gasteiger partial charge on any atom is 0.326 e. The highest BCUT2D eigenvalue weighted by molar-refractivity contribution is 6.39. The van der Waals surface area contributed by atoms with Gasteiger partial charge in [0.2, 0.25) is 5.91 Å². The summed E-state index contributed by atoms with van der Waals surface area (Å²) in [5, 5.41) is 14.5. The minimum atomic E-state index is -1.03. The molecule has 7 nitrogen and oxygen atoms in total. The third-order valence-electron chi connectivity index (χ3n) is 4.40. The minimum Gasteiger partial charge on any atom is -0.480 e. The van der Waals surface area contributed by atoms with Gasteiger partial charge in [-0.1, -0.05) is 12.1 Å². The smallest absolute Gasteiger partial charge is 0.326 e. The number of carbonyl (C=O) groups is 3. The summed E-state index contributed by atoms with van der Waals surface area (Å²) in [7, 11) is 0. The highest BCUT2D eigenvalue weighted by Gasteiger charge is 2.37. The van der Waals surface area contributed by atoms with Crippen molar-refractivity contribution in [3.05, 3.63) is 35.6 Å². The van der Waals surface area contributed by atoms with Crippen LogP contribution in [0.15, 0.2) is 29.4 Å². The molecular weight excluding hydrogens is 329 g/mol. The zero-order valence-electron chi connectivity index (χ0n) is 13.5. The lowest BCUT2D eigenvalue weighted by atomic mass is 10.1. The zero-order chi connectivity index (χ0) is 18.0. The number of carboxylic acid groups (broad SMARTS) is 1. The van der Waals surface area contributed by atoms with Crippen molar-refractivity contribution in [1.29, 1.82) is 0 Å². The van der Waals surface area contributed by atoms with Crippen molar-refractivity contribution in [3.8, 4) is 0 Å². The highest BCUT2D eigenvalue weighted by Crippen LogP contribution is 2.21. The summed E-state index contributed by atoms with van der Waals surface area (Å²) < 4.78 is 13.0. The Morgan fingerprint density at radius 2 is 1.96 bits per heavy atom. The Kier molecular flexibility index (Phi) is 4.78. The van der Waals surface area contributed by atoms with E-state index in [4.69, 9.17) is 0 Å². The van der Waals surface area contributed by atoms with Gasteiger partial charge in [-0.25, -0.2) is 14.2 Å². The highest BCUT2D eigenvalue weighted by atomic mass is 19.1. The average molecular weight is 347 g/mol. The second-order valence-electron chi connectivity index (χ2n) is 6.12. The fourth-order valence-corrected chi connectivity index (χ4v) is 3.07. The summed E-state index contributed by atoms with van der Waals surface area (Å²) >= 11 is 0. The number of amides is 2. The number of likely N-dealkylation sites (tertiary alicyclic amines) is 1. The Morgan fingerprint density at radius 1 is 1.24 bits per heavy atom. The van der Waals surface area contributed by atoms with Crippen molar-refractivity contribution in [2.45, 2.75) is 38.3 Å². The Hall–Kier alpha value is -2.77. The molecule has 2 aliphatic heterocycles. The van der Waals surface area contributed by atoms with Crippen LogP contribution in [0.5, 0.6) is 0 Å². The van der Waals surface area contributed by atoms with Gasteiger partial charge in [-0.15, -0.1) is 0 Å². The molecule has 1 fully saturated rings. The van der Waals surface area contributed by atoms with E-state index in [1.165, 1.54) is 22.0 Å². The number of hydrogen-bond donors (Lipinski definition) is 1. The molecule has 25 heavy (non-hydrogen) atoms. The van der Waals surface area contributed by atoms with E-state index in [1.54, 1.807) is 12.1 Å². The molecule has 1 aromatic carbocycles. The quantitative estimate of drug-likeness (QED) is 0.891. The first-order valence-electron chi connectivity index (χ1n) is 8.12. The van der Waals surface area contributed by atoms with Gasteiger partial charge >= 0.3 is 5.97 Å². The molecule has 2 heterocycles. The zero-order valence-corrected chi connectivity index (χ0v) is 13.5. The fraction of sp³-hybridized carbons (Fsp3) is 0.412. The molecule has 2 aliphatic rings. The molecule has 1 unspecified atom stereocenters. The summed E-state index contributed by atoms with van der Waals surface area (Å²) in [5.41, 5.74) is 0.881. The van der Waals surface area contributed by atoms with Crippen LogP contribution in [0.2, 0.25) is 0 Å². The predicted molar refractivity (Wildman–Crippen MR) is 86.0 cm³/mol. The summed E-state index contributed by atoms with van der Waals surface area (Å²) in [4.78, 5) is 37.2. The second kappa shape index (κ2) is 7.00. The van der Waals surface area contributed by atoms with Gasteiger partial charge in [0.05, 0.1) is 6.54 Å². The van der Waals surface area contributed by atoms with Gasteiger partial charge in [0.1, 0.15) is 17.6 Å². The lowest BCUT2D eigenvalue weighted by molar-refractivity contribution is -0.146. The number of carboxylic acids is 1. The van der Waals surface area contributed by atoms with Crippen LogP contribution in [-0.4, -0.2) is 51.1 Å². The van der Waals surface area contributed by atoms with Gasteiger partial charge in [0, 0.05) is 19.4 Å². The largest absolute Gasteiger partial charge is 0.480 e. The van der Waals surface area contributed by atoms with Crippen LogP contribution in [0.4, 0.5) is 4.39 Å². The van der Waals surface area contributed by atoms with Crippen molar-refractivity contribution in [3.63, 3.8) is 0 Å². The third kappa shape index (κ3) is 3.67. The molecule has 8 heteroatoms. The minimum absolute atomic E-state index is 0.136. The fourth-order valence-electron chi connectivity index (χ4n) is 3.07. The van der Waals surface area contributed by atoms with Gasteiger partial charge in [0.25, 0.3) is 5.91 Å². The van der Waals surface area contributed by atoms with Crippen LogP contribution in [0, 0.1) is 5.82 Å². The number of rotatable bonds is 4. The molecule has 0 saturated carbocycles. The van der Waals surface area contributed by atoms with E-state index in [0.29, 0.717) is 24.9 Å². The van der Waals surface area contributed by atoms with Crippen molar-refractivity contribution < 1.29 is 23.9 Å². The van der Waals surface area contributed by atoms with Crippen LogP contribution in [0.1, 0.15) is 31.2 Å². The molecule has 1 aromatic rings. The SMILES string of the molecule is O=C(O)C1CCCN1C(=O)C1=NN(Cc2ccc(F)cc2)C(=O)CC1. The van der Waals surface area contributed by atoms with Crippen molar-refractivity contribution in [2.75, 3.05) is 6.54 Å². The number of hydrogen-bond acceptors (Lipinski definition) is 4. The number of halogens is 1. The van der Waals surface area contributed by atoms with Crippen LogP contribution in [0.3, 0.4) is 0 Å². The van der Waals surface area contributed by atoms with Crippen LogP contribution in [0.25, 0.3) is 0 Å². The third-order valence-corrected chi connectivity index (χ3v) is 4.40. The monoisotopic (exact) mass is 347 g/mol. The first-order chi connectivity index (χ1) is 12.0. The van der Waals surface area contributed by atoms with Gasteiger partial charge < -0.3 is 10.0 Å². The lowest BCUT2D eigenvalue weighted by Crippen LogP contribution is -2.46. The van der Waals surface area contributed by atoms with Gasteiger partial charge in [-0.05, 0) is 30.5 Å². The molecule has 0 bridgehead atoms. The number of carbonyl (C=O) groups excluding carboxylic acids is 2. The number of hydrazone groups is 1. The second-order valence-corrected chi connectivity index (χ2v) is 6.12. The van der Waals surface area contributed by atoms with Crippen molar-refractivity contribution in [2.24, 2.45) is 5.10 Å². The van der Waals surface area contributed by atoms with Crippen LogP contribution < -0.4 is 0 Å². The Balaban J connectivity index is 1.77. The Labute approximate surface area is 143 Å². The first-order valence-corrected chi connectivity index (χ1v) is 8.12. The van der Waals surface area contributed by atoms with Gasteiger partial charge in [0.15, 0.2) is 0 Å². The summed E-state index contributed by atoms with van der Waals surface area (Å²) in [6.07, 6.45) is 1.39. The van der Waals surface area contributed by atoms with E-state index < -0.39 is 17.9 Å². The molecule has 0 aromatic heterocycles. The predicted octanol–water partition coefficient (Wildman–Crippen LogP) is 1.38. The average Bonchev–Trinajstić information content (AvgIpc) is 3.08. The van der Waals surface area contributed by atoms with E-state index in [1.807, 2.05) is 0 Å². The lowest BCUT2D eigenvalue weighted by Gasteiger charge is -2.27. The first kappa shape index (κ1) is 17.1. The molecule has 0 aliphatic carbocycles. The number of aliphatic carboxylic acids is 1. The van der Waals surface area contributed by atoms with Crippen LogP contribution in [-0.2, 0) is 20.9 Å².